The van der Waals surface area contributed by atoms with Gasteiger partial charge in [0.15, 0.2) is 11.6 Å². The molecule has 0 fully saturated rings. The zero-order chi connectivity index (χ0) is 13.3. The van der Waals surface area contributed by atoms with Gasteiger partial charge in [-0.25, -0.2) is 8.78 Å². The summed E-state index contributed by atoms with van der Waals surface area (Å²) in [5.74, 6) is -2.18. The van der Waals surface area contributed by atoms with Crippen molar-refractivity contribution in [3.63, 3.8) is 0 Å². The Morgan fingerprint density at radius 2 is 1.94 bits per heavy atom. The van der Waals surface area contributed by atoms with Crippen LogP contribution in [-0.4, -0.2) is 9.91 Å². The van der Waals surface area contributed by atoms with Gasteiger partial charge < -0.3 is 0 Å². The minimum Gasteiger partial charge on any atom is -0.258 e. The van der Waals surface area contributed by atoms with Gasteiger partial charge in [0.2, 0.25) is 0 Å². The van der Waals surface area contributed by atoms with Crippen molar-refractivity contribution >= 4 is 17.3 Å². The lowest BCUT2D eigenvalue weighted by molar-refractivity contribution is -0.385. The standard InChI is InChI=1S/C11H5ClF2N2O2/c12-10-7(4-15-5-9(10)16(17)18)6-2-1-3-8(13)11(6)14/h1-5H. The van der Waals surface area contributed by atoms with Crippen LogP contribution in [0.5, 0.6) is 0 Å². The van der Waals surface area contributed by atoms with Crippen LogP contribution in [0.3, 0.4) is 0 Å². The molecule has 18 heavy (non-hydrogen) atoms. The van der Waals surface area contributed by atoms with E-state index >= 15 is 0 Å². The molecule has 0 bridgehead atoms. The van der Waals surface area contributed by atoms with Crippen LogP contribution in [0.15, 0.2) is 30.6 Å². The minimum absolute atomic E-state index is 0.0251. The number of hydrogen-bond donors (Lipinski definition) is 0. The molecule has 2 aromatic rings. The van der Waals surface area contributed by atoms with Gasteiger partial charge in [0.05, 0.1) is 4.92 Å². The van der Waals surface area contributed by atoms with Gasteiger partial charge in [-0.1, -0.05) is 23.7 Å². The molecule has 0 spiro atoms. The maximum atomic E-state index is 13.6. The van der Waals surface area contributed by atoms with E-state index in [0.717, 1.165) is 18.5 Å². The van der Waals surface area contributed by atoms with Crippen LogP contribution < -0.4 is 0 Å². The maximum absolute atomic E-state index is 13.6. The lowest BCUT2D eigenvalue weighted by Gasteiger charge is -2.05. The lowest BCUT2D eigenvalue weighted by Crippen LogP contribution is -1.95. The Morgan fingerprint density at radius 3 is 2.61 bits per heavy atom. The average molecular weight is 271 g/mol. The largest absolute Gasteiger partial charge is 0.306 e. The first-order valence-corrected chi connectivity index (χ1v) is 5.12. The molecular weight excluding hydrogens is 266 g/mol. The second kappa shape index (κ2) is 4.66. The monoisotopic (exact) mass is 270 g/mol. The fourth-order valence-corrected chi connectivity index (χ4v) is 1.73. The molecule has 0 aliphatic rings. The fourth-order valence-electron chi connectivity index (χ4n) is 1.46. The second-order valence-corrected chi connectivity index (χ2v) is 3.76. The Hall–Kier alpha value is -2.08. The fraction of sp³-hybridized carbons (Fsp3) is 0. The third-order valence-electron chi connectivity index (χ3n) is 2.30. The van der Waals surface area contributed by atoms with E-state index in [1.54, 1.807) is 0 Å². The zero-order valence-electron chi connectivity index (χ0n) is 8.73. The number of rotatable bonds is 2. The summed E-state index contributed by atoms with van der Waals surface area (Å²) in [7, 11) is 0. The molecule has 1 aromatic heterocycles. The highest BCUT2D eigenvalue weighted by atomic mass is 35.5. The highest BCUT2D eigenvalue weighted by Gasteiger charge is 2.20. The highest BCUT2D eigenvalue weighted by molar-refractivity contribution is 6.35. The van der Waals surface area contributed by atoms with Crippen molar-refractivity contribution in [3.8, 4) is 11.1 Å². The second-order valence-electron chi connectivity index (χ2n) is 3.38. The van der Waals surface area contributed by atoms with E-state index in [1.807, 2.05) is 0 Å². The molecule has 0 saturated heterocycles. The molecule has 4 nitrogen and oxygen atoms in total. The summed E-state index contributed by atoms with van der Waals surface area (Å²) in [6.07, 6.45) is 2.09. The normalized spacial score (nSPS) is 10.4. The number of pyridine rings is 1. The number of benzene rings is 1. The van der Waals surface area contributed by atoms with Gasteiger partial charge in [0.25, 0.3) is 0 Å². The summed E-state index contributed by atoms with van der Waals surface area (Å²) in [5, 5.41) is 10.4. The molecule has 0 N–H and O–H groups in total. The van der Waals surface area contributed by atoms with Crippen molar-refractivity contribution < 1.29 is 13.7 Å². The van der Waals surface area contributed by atoms with Crippen molar-refractivity contribution in [2.24, 2.45) is 0 Å². The smallest absolute Gasteiger partial charge is 0.258 e. The molecule has 0 atom stereocenters. The molecule has 0 saturated carbocycles. The first kappa shape index (κ1) is 12.4. The van der Waals surface area contributed by atoms with Gasteiger partial charge in [0.1, 0.15) is 11.2 Å². The molecule has 7 heteroatoms. The minimum atomic E-state index is -1.12. The summed E-state index contributed by atoms with van der Waals surface area (Å²) in [5.41, 5.74) is -0.656. The van der Waals surface area contributed by atoms with Crippen LogP contribution in [-0.2, 0) is 0 Å². The molecule has 2 rings (SSSR count). The third kappa shape index (κ3) is 2.02. The van der Waals surface area contributed by atoms with Crippen LogP contribution in [0.2, 0.25) is 5.02 Å². The van der Waals surface area contributed by atoms with E-state index in [0.29, 0.717) is 0 Å². The van der Waals surface area contributed by atoms with Crippen molar-refractivity contribution in [1.82, 2.24) is 4.98 Å². The molecule has 0 aliphatic heterocycles. The summed E-state index contributed by atoms with van der Waals surface area (Å²) in [6, 6.07) is 3.49. The predicted octanol–water partition coefficient (Wildman–Crippen LogP) is 3.59. The highest BCUT2D eigenvalue weighted by Crippen LogP contribution is 2.35. The predicted molar refractivity (Wildman–Crippen MR) is 61.3 cm³/mol. The lowest BCUT2D eigenvalue weighted by atomic mass is 10.1. The van der Waals surface area contributed by atoms with Crippen LogP contribution in [0, 0.1) is 21.7 Å². The Labute approximate surface area is 105 Å². The Balaban J connectivity index is 2.69. The van der Waals surface area contributed by atoms with Gasteiger partial charge >= 0.3 is 5.69 Å². The molecule has 0 amide bonds. The summed E-state index contributed by atoms with van der Waals surface area (Å²) in [6.45, 7) is 0. The van der Waals surface area contributed by atoms with E-state index in [2.05, 4.69) is 4.98 Å². The number of nitrogens with zero attached hydrogens (tertiary/aromatic N) is 2. The van der Waals surface area contributed by atoms with Crippen molar-refractivity contribution in [1.29, 1.82) is 0 Å². The first-order valence-electron chi connectivity index (χ1n) is 4.74. The first-order chi connectivity index (χ1) is 8.52. The molecule has 1 aromatic carbocycles. The van der Waals surface area contributed by atoms with Crippen LogP contribution in [0.4, 0.5) is 14.5 Å². The number of nitro groups is 1. The maximum Gasteiger partial charge on any atom is 0.306 e. The zero-order valence-corrected chi connectivity index (χ0v) is 9.49. The van der Waals surface area contributed by atoms with Crippen molar-refractivity contribution in [2.75, 3.05) is 0 Å². The summed E-state index contributed by atoms with van der Waals surface area (Å²) in [4.78, 5) is 13.5. The van der Waals surface area contributed by atoms with Crippen LogP contribution >= 0.6 is 11.6 Å². The van der Waals surface area contributed by atoms with Crippen molar-refractivity contribution in [3.05, 3.63) is 57.4 Å². The Bertz CT molecular complexity index is 634. The van der Waals surface area contributed by atoms with E-state index in [-0.39, 0.29) is 16.1 Å². The number of aromatic nitrogens is 1. The SMILES string of the molecule is O=[N+]([O-])c1cncc(-c2cccc(F)c2F)c1Cl. The third-order valence-corrected chi connectivity index (χ3v) is 2.70. The van der Waals surface area contributed by atoms with Gasteiger partial charge in [-0.15, -0.1) is 0 Å². The summed E-state index contributed by atoms with van der Waals surface area (Å²) >= 11 is 5.79. The Kier molecular flexibility index (Phi) is 3.20. The molecule has 0 aliphatic carbocycles. The molecular formula is C11H5ClF2N2O2. The van der Waals surface area contributed by atoms with Gasteiger partial charge in [-0.3, -0.25) is 15.1 Å². The van der Waals surface area contributed by atoms with Gasteiger partial charge in [-0.2, -0.15) is 0 Å². The van der Waals surface area contributed by atoms with E-state index < -0.39 is 22.2 Å². The molecule has 1 heterocycles. The molecule has 0 unspecified atom stereocenters. The number of hydrogen-bond acceptors (Lipinski definition) is 3. The number of halogens is 3. The van der Waals surface area contributed by atoms with Crippen LogP contribution in [0.25, 0.3) is 11.1 Å². The Morgan fingerprint density at radius 1 is 1.22 bits per heavy atom. The van der Waals surface area contributed by atoms with Gasteiger partial charge in [0, 0.05) is 17.3 Å². The van der Waals surface area contributed by atoms with Crippen LogP contribution in [0.1, 0.15) is 0 Å². The van der Waals surface area contributed by atoms with E-state index in [1.165, 1.54) is 12.1 Å². The summed E-state index contributed by atoms with van der Waals surface area (Å²) < 4.78 is 26.7. The molecule has 92 valence electrons. The van der Waals surface area contributed by atoms with E-state index in [9.17, 15) is 18.9 Å². The average Bonchev–Trinajstić information content (AvgIpc) is 2.33. The quantitative estimate of drug-likeness (QED) is 0.619. The van der Waals surface area contributed by atoms with Crippen molar-refractivity contribution in [2.45, 2.75) is 0 Å². The van der Waals surface area contributed by atoms with Gasteiger partial charge in [-0.05, 0) is 6.07 Å². The topological polar surface area (TPSA) is 56.0 Å². The molecule has 0 radical (unpaired) electrons. The van der Waals surface area contributed by atoms with E-state index in [4.69, 9.17) is 11.6 Å².